The molecule has 0 unspecified atom stereocenters. The Bertz CT molecular complexity index is 712. The first-order chi connectivity index (χ1) is 11.8. The second-order valence-electron chi connectivity index (χ2n) is 6.84. The van der Waals surface area contributed by atoms with Crippen molar-refractivity contribution in [1.29, 1.82) is 0 Å². The standard InChI is InChI=1S/C19H24N4O/c1-14-21-11-16-13-23(10-8-18(16)22-14)12-15-5-4-9-20-19(15)24-17-6-2-3-7-17/h4-5,9,11,17H,2-3,6-8,10,12-13H2,1H3. The van der Waals surface area contributed by atoms with Gasteiger partial charge in [0.25, 0.3) is 0 Å². The molecule has 5 heteroatoms. The normalized spacial score (nSPS) is 18.5. The van der Waals surface area contributed by atoms with Gasteiger partial charge in [-0.2, -0.15) is 0 Å². The molecule has 2 aromatic heterocycles. The highest BCUT2D eigenvalue weighted by atomic mass is 16.5. The van der Waals surface area contributed by atoms with E-state index in [1.54, 1.807) is 0 Å². The van der Waals surface area contributed by atoms with Gasteiger partial charge in [-0.25, -0.2) is 15.0 Å². The maximum atomic E-state index is 6.17. The Morgan fingerprint density at radius 1 is 1.25 bits per heavy atom. The van der Waals surface area contributed by atoms with Crippen LogP contribution in [-0.4, -0.2) is 32.5 Å². The maximum Gasteiger partial charge on any atom is 0.218 e. The highest BCUT2D eigenvalue weighted by molar-refractivity contribution is 5.27. The summed E-state index contributed by atoms with van der Waals surface area (Å²) in [6, 6.07) is 4.14. The van der Waals surface area contributed by atoms with Gasteiger partial charge in [0, 0.05) is 55.3 Å². The largest absolute Gasteiger partial charge is 0.474 e. The second-order valence-corrected chi connectivity index (χ2v) is 6.84. The summed E-state index contributed by atoms with van der Waals surface area (Å²) in [7, 11) is 0. The van der Waals surface area contributed by atoms with Crippen LogP contribution in [0, 0.1) is 6.92 Å². The molecule has 3 heterocycles. The average molecular weight is 324 g/mol. The molecule has 4 rings (SSSR count). The smallest absolute Gasteiger partial charge is 0.218 e. The molecule has 126 valence electrons. The molecule has 0 amide bonds. The van der Waals surface area contributed by atoms with Crippen molar-refractivity contribution in [2.45, 2.75) is 58.2 Å². The Hall–Kier alpha value is -2.01. The molecule has 5 nitrogen and oxygen atoms in total. The highest BCUT2D eigenvalue weighted by Gasteiger charge is 2.22. The van der Waals surface area contributed by atoms with E-state index in [4.69, 9.17) is 4.74 Å². The number of hydrogen-bond donors (Lipinski definition) is 0. The zero-order valence-corrected chi connectivity index (χ0v) is 14.2. The molecule has 0 atom stereocenters. The summed E-state index contributed by atoms with van der Waals surface area (Å²) in [5.41, 5.74) is 3.63. The van der Waals surface area contributed by atoms with Gasteiger partial charge in [0.05, 0.1) is 0 Å². The number of aromatic nitrogens is 3. The van der Waals surface area contributed by atoms with Crippen molar-refractivity contribution in [2.24, 2.45) is 0 Å². The summed E-state index contributed by atoms with van der Waals surface area (Å²) in [4.78, 5) is 15.8. The minimum Gasteiger partial charge on any atom is -0.474 e. The minimum atomic E-state index is 0.345. The van der Waals surface area contributed by atoms with Crippen molar-refractivity contribution in [1.82, 2.24) is 19.9 Å². The molecule has 0 bridgehead atoms. The Morgan fingerprint density at radius 3 is 3.00 bits per heavy atom. The molecule has 2 aliphatic rings. The molecule has 0 N–H and O–H groups in total. The Morgan fingerprint density at radius 2 is 2.12 bits per heavy atom. The average Bonchev–Trinajstić information content (AvgIpc) is 3.10. The van der Waals surface area contributed by atoms with Crippen LogP contribution in [0.4, 0.5) is 0 Å². The summed E-state index contributed by atoms with van der Waals surface area (Å²) in [6.07, 6.45) is 9.99. The summed E-state index contributed by atoms with van der Waals surface area (Å²) in [5.74, 6) is 1.68. The van der Waals surface area contributed by atoms with Crippen LogP contribution in [0.15, 0.2) is 24.5 Å². The molecule has 24 heavy (non-hydrogen) atoms. The summed E-state index contributed by atoms with van der Waals surface area (Å²) < 4.78 is 6.17. The molecule has 0 radical (unpaired) electrons. The molecule has 1 aliphatic carbocycles. The lowest BCUT2D eigenvalue weighted by molar-refractivity contribution is 0.190. The molecule has 0 spiro atoms. The lowest BCUT2D eigenvalue weighted by Gasteiger charge is -2.28. The molecule has 1 fully saturated rings. The van der Waals surface area contributed by atoms with E-state index in [-0.39, 0.29) is 0 Å². The molecular weight excluding hydrogens is 300 g/mol. The van der Waals surface area contributed by atoms with Gasteiger partial charge in [-0.15, -0.1) is 0 Å². The number of nitrogens with zero attached hydrogens (tertiary/aromatic N) is 4. The van der Waals surface area contributed by atoms with E-state index in [0.717, 1.165) is 50.6 Å². The van der Waals surface area contributed by atoms with Gasteiger partial charge in [-0.1, -0.05) is 6.07 Å². The molecule has 0 saturated heterocycles. The Labute approximate surface area is 143 Å². The van der Waals surface area contributed by atoms with Crippen molar-refractivity contribution in [3.05, 3.63) is 47.2 Å². The van der Waals surface area contributed by atoms with Crippen molar-refractivity contribution < 1.29 is 4.74 Å². The summed E-state index contributed by atoms with van der Waals surface area (Å²) in [6.45, 7) is 4.73. The minimum absolute atomic E-state index is 0.345. The van der Waals surface area contributed by atoms with E-state index >= 15 is 0 Å². The quantitative estimate of drug-likeness (QED) is 0.865. The molecule has 2 aromatic rings. The van der Waals surface area contributed by atoms with Gasteiger partial charge >= 0.3 is 0 Å². The molecule has 0 aromatic carbocycles. The first kappa shape index (κ1) is 15.5. The van der Waals surface area contributed by atoms with Crippen molar-refractivity contribution in [2.75, 3.05) is 6.54 Å². The third-order valence-corrected chi connectivity index (χ3v) is 4.96. The number of pyridine rings is 1. The van der Waals surface area contributed by atoms with E-state index in [2.05, 4.69) is 25.9 Å². The van der Waals surface area contributed by atoms with Crippen LogP contribution >= 0.6 is 0 Å². The maximum absolute atomic E-state index is 6.17. The van der Waals surface area contributed by atoms with Crippen LogP contribution < -0.4 is 4.74 Å². The van der Waals surface area contributed by atoms with Crippen LogP contribution in [0.1, 0.15) is 48.3 Å². The first-order valence-corrected chi connectivity index (χ1v) is 8.92. The first-order valence-electron chi connectivity index (χ1n) is 8.92. The van der Waals surface area contributed by atoms with E-state index < -0.39 is 0 Å². The number of ether oxygens (including phenoxy) is 1. The SMILES string of the molecule is Cc1ncc2c(n1)CCN(Cc1cccnc1OC1CCCC1)C2. The van der Waals surface area contributed by atoms with E-state index in [1.807, 2.05) is 25.4 Å². The monoisotopic (exact) mass is 324 g/mol. The predicted molar refractivity (Wildman–Crippen MR) is 91.7 cm³/mol. The molecule has 1 aliphatic heterocycles. The molecular formula is C19H24N4O. The van der Waals surface area contributed by atoms with Crippen LogP contribution in [0.2, 0.25) is 0 Å². The Balaban J connectivity index is 1.46. The van der Waals surface area contributed by atoms with Crippen molar-refractivity contribution >= 4 is 0 Å². The van der Waals surface area contributed by atoms with Gasteiger partial charge in [-0.3, -0.25) is 4.90 Å². The van der Waals surface area contributed by atoms with Crippen molar-refractivity contribution in [3.8, 4) is 5.88 Å². The number of fused-ring (bicyclic) bond motifs is 1. The van der Waals surface area contributed by atoms with Crippen LogP contribution in [0.5, 0.6) is 5.88 Å². The predicted octanol–water partition coefficient (Wildman–Crippen LogP) is 3.06. The lowest BCUT2D eigenvalue weighted by Crippen LogP contribution is -2.31. The summed E-state index contributed by atoms with van der Waals surface area (Å²) in [5, 5.41) is 0. The van der Waals surface area contributed by atoms with Crippen LogP contribution in [0.25, 0.3) is 0 Å². The van der Waals surface area contributed by atoms with Crippen LogP contribution in [-0.2, 0) is 19.5 Å². The lowest BCUT2D eigenvalue weighted by atomic mass is 10.1. The van der Waals surface area contributed by atoms with Crippen molar-refractivity contribution in [3.63, 3.8) is 0 Å². The Kier molecular flexibility index (Phi) is 4.43. The summed E-state index contributed by atoms with van der Waals surface area (Å²) >= 11 is 0. The topological polar surface area (TPSA) is 51.1 Å². The van der Waals surface area contributed by atoms with Gasteiger partial charge in [-0.05, 0) is 38.7 Å². The van der Waals surface area contributed by atoms with E-state index in [1.165, 1.54) is 29.7 Å². The number of aryl methyl sites for hydroxylation is 1. The second kappa shape index (κ2) is 6.85. The van der Waals surface area contributed by atoms with Gasteiger partial charge in [0.1, 0.15) is 11.9 Å². The fourth-order valence-corrected chi connectivity index (χ4v) is 3.66. The zero-order valence-electron chi connectivity index (χ0n) is 14.2. The van der Waals surface area contributed by atoms with E-state index in [9.17, 15) is 0 Å². The fraction of sp³-hybridized carbons (Fsp3) is 0.526. The fourth-order valence-electron chi connectivity index (χ4n) is 3.66. The van der Waals surface area contributed by atoms with Crippen LogP contribution in [0.3, 0.4) is 0 Å². The highest BCUT2D eigenvalue weighted by Crippen LogP contribution is 2.27. The van der Waals surface area contributed by atoms with E-state index in [0.29, 0.717) is 6.10 Å². The van der Waals surface area contributed by atoms with Gasteiger partial charge < -0.3 is 4.74 Å². The third-order valence-electron chi connectivity index (χ3n) is 4.96. The van der Waals surface area contributed by atoms with Gasteiger partial charge in [0.15, 0.2) is 0 Å². The zero-order chi connectivity index (χ0) is 16.4. The number of hydrogen-bond acceptors (Lipinski definition) is 5. The van der Waals surface area contributed by atoms with Gasteiger partial charge in [0.2, 0.25) is 5.88 Å². The third kappa shape index (κ3) is 3.41. The molecule has 1 saturated carbocycles. The number of rotatable bonds is 4.